The van der Waals surface area contributed by atoms with Crippen LogP contribution in [0.2, 0.25) is 0 Å². The quantitative estimate of drug-likeness (QED) is 0.658. The van der Waals surface area contributed by atoms with E-state index < -0.39 is 0 Å². The normalized spacial score (nSPS) is 10.2. The SMILES string of the molecule is CCCOc1cccc(OCCCc2ccccc2)c1. The van der Waals surface area contributed by atoms with Crippen molar-refractivity contribution in [1.82, 2.24) is 0 Å². The molecule has 0 heterocycles. The maximum absolute atomic E-state index is 5.77. The molecule has 0 saturated carbocycles. The lowest BCUT2D eigenvalue weighted by Gasteiger charge is -2.09. The van der Waals surface area contributed by atoms with Gasteiger partial charge in [0, 0.05) is 6.07 Å². The molecule has 0 atom stereocenters. The number of hydrogen-bond donors (Lipinski definition) is 0. The van der Waals surface area contributed by atoms with E-state index in [4.69, 9.17) is 9.47 Å². The van der Waals surface area contributed by atoms with Crippen LogP contribution >= 0.6 is 0 Å². The highest BCUT2D eigenvalue weighted by Crippen LogP contribution is 2.19. The van der Waals surface area contributed by atoms with E-state index in [1.165, 1.54) is 5.56 Å². The van der Waals surface area contributed by atoms with Gasteiger partial charge >= 0.3 is 0 Å². The molecule has 0 fully saturated rings. The van der Waals surface area contributed by atoms with Crippen LogP contribution in [0, 0.1) is 0 Å². The Morgan fingerprint density at radius 2 is 1.50 bits per heavy atom. The molecule has 0 aliphatic heterocycles. The lowest BCUT2D eigenvalue weighted by molar-refractivity contribution is 0.298. The minimum atomic E-state index is 0.728. The van der Waals surface area contributed by atoms with Crippen LogP contribution in [0.4, 0.5) is 0 Å². The van der Waals surface area contributed by atoms with Gasteiger partial charge in [0.1, 0.15) is 11.5 Å². The standard InChI is InChI=1S/C18H22O2/c1-2-13-19-17-11-6-12-18(15-17)20-14-7-10-16-8-4-3-5-9-16/h3-6,8-9,11-12,15H,2,7,10,13-14H2,1H3. The maximum Gasteiger partial charge on any atom is 0.122 e. The molecule has 2 nitrogen and oxygen atoms in total. The van der Waals surface area contributed by atoms with E-state index in [0.717, 1.165) is 44.0 Å². The molecular formula is C18H22O2. The van der Waals surface area contributed by atoms with Gasteiger partial charge in [0.25, 0.3) is 0 Å². The number of aryl methyl sites for hydroxylation is 1. The molecule has 0 bridgehead atoms. The highest BCUT2D eigenvalue weighted by Gasteiger charge is 1.98. The molecule has 2 rings (SSSR count). The molecule has 0 N–H and O–H groups in total. The molecule has 0 amide bonds. The van der Waals surface area contributed by atoms with Gasteiger partial charge in [-0.2, -0.15) is 0 Å². The second-order valence-electron chi connectivity index (χ2n) is 4.76. The lowest BCUT2D eigenvalue weighted by atomic mass is 10.1. The van der Waals surface area contributed by atoms with E-state index >= 15 is 0 Å². The second kappa shape index (κ2) is 8.26. The average Bonchev–Trinajstić information content (AvgIpc) is 2.51. The summed E-state index contributed by atoms with van der Waals surface area (Å²) in [6, 6.07) is 18.4. The molecule has 2 aromatic rings. The number of ether oxygens (including phenoxy) is 2. The Morgan fingerprint density at radius 3 is 2.20 bits per heavy atom. The molecule has 0 radical (unpaired) electrons. The van der Waals surface area contributed by atoms with Gasteiger partial charge in [-0.15, -0.1) is 0 Å². The van der Waals surface area contributed by atoms with E-state index in [9.17, 15) is 0 Å². The summed E-state index contributed by atoms with van der Waals surface area (Å²) in [5, 5.41) is 0. The molecule has 2 aromatic carbocycles. The first-order valence-electron chi connectivity index (χ1n) is 7.28. The van der Waals surface area contributed by atoms with Crippen LogP contribution in [0.3, 0.4) is 0 Å². The predicted molar refractivity (Wildman–Crippen MR) is 82.5 cm³/mol. The average molecular weight is 270 g/mol. The predicted octanol–water partition coefficient (Wildman–Crippen LogP) is 4.49. The molecule has 20 heavy (non-hydrogen) atoms. The smallest absolute Gasteiger partial charge is 0.122 e. The Bertz CT molecular complexity index is 494. The van der Waals surface area contributed by atoms with E-state index in [1.807, 2.05) is 30.3 Å². The number of benzene rings is 2. The van der Waals surface area contributed by atoms with Crippen molar-refractivity contribution in [3.63, 3.8) is 0 Å². The topological polar surface area (TPSA) is 18.5 Å². The third-order valence-electron chi connectivity index (χ3n) is 3.00. The lowest BCUT2D eigenvalue weighted by Crippen LogP contribution is -2.00. The van der Waals surface area contributed by atoms with Crippen LogP contribution in [0.25, 0.3) is 0 Å². The first kappa shape index (κ1) is 14.4. The van der Waals surface area contributed by atoms with Crippen molar-refractivity contribution in [2.75, 3.05) is 13.2 Å². The largest absolute Gasteiger partial charge is 0.493 e. The fourth-order valence-electron chi connectivity index (χ4n) is 1.98. The second-order valence-corrected chi connectivity index (χ2v) is 4.76. The summed E-state index contributed by atoms with van der Waals surface area (Å²) >= 11 is 0. The summed E-state index contributed by atoms with van der Waals surface area (Å²) in [7, 11) is 0. The molecule has 0 aliphatic rings. The van der Waals surface area contributed by atoms with E-state index in [2.05, 4.69) is 31.2 Å². The Balaban J connectivity index is 1.73. The fraction of sp³-hybridized carbons (Fsp3) is 0.333. The molecule has 106 valence electrons. The van der Waals surface area contributed by atoms with Crippen LogP contribution in [-0.2, 0) is 6.42 Å². The van der Waals surface area contributed by atoms with Gasteiger partial charge in [-0.3, -0.25) is 0 Å². The van der Waals surface area contributed by atoms with Crippen molar-refractivity contribution >= 4 is 0 Å². The maximum atomic E-state index is 5.77. The minimum absolute atomic E-state index is 0.728. The molecular weight excluding hydrogens is 248 g/mol. The Kier molecular flexibility index (Phi) is 5.97. The van der Waals surface area contributed by atoms with Crippen molar-refractivity contribution in [3.05, 3.63) is 60.2 Å². The van der Waals surface area contributed by atoms with Crippen LogP contribution in [0.15, 0.2) is 54.6 Å². The van der Waals surface area contributed by atoms with Crippen molar-refractivity contribution in [2.45, 2.75) is 26.2 Å². The van der Waals surface area contributed by atoms with Crippen molar-refractivity contribution < 1.29 is 9.47 Å². The summed E-state index contributed by atoms with van der Waals surface area (Å²) in [4.78, 5) is 0. The fourth-order valence-corrected chi connectivity index (χ4v) is 1.98. The van der Waals surface area contributed by atoms with Crippen molar-refractivity contribution in [1.29, 1.82) is 0 Å². The molecule has 0 spiro atoms. The zero-order valence-electron chi connectivity index (χ0n) is 12.0. The van der Waals surface area contributed by atoms with Gasteiger partial charge in [-0.05, 0) is 37.0 Å². The number of rotatable bonds is 8. The summed E-state index contributed by atoms with van der Waals surface area (Å²) in [6.45, 7) is 3.58. The summed E-state index contributed by atoms with van der Waals surface area (Å²) < 4.78 is 11.4. The Morgan fingerprint density at radius 1 is 0.800 bits per heavy atom. The zero-order valence-corrected chi connectivity index (χ0v) is 12.0. The van der Waals surface area contributed by atoms with E-state index in [0.29, 0.717) is 0 Å². The van der Waals surface area contributed by atoms with Gasteiger partial charge < -0.3 is 9.47 Å². The first-order chi connectivity index (χ1) is 9.88. The summed E-state index contributed by atoms with van der Waals surface area (Å²) in [6.07, 6.45) is 3.08. The summed E-state index contributed by atoms with van der Waals surface area (Å²) in [5.74, 6) is 1.76. The Hall–Kier alpha value is -1.96. The molecule has 0 aliphatic carbocycles. The van der Waals surface area contributed by atoms with Crippen molar-refractivity contribution in [2.24, 2.45) is 0 Å². The zero-order chi connectivity index (χ0) is 14.0. The van der Waals surface area contributed by atoms with Gasteiger partial charge in [0.05, 0.1) is 13.2 Å². The third-order valence-corrected chi connectivity index (χ3v) is 3.00. The van der Waals surface area contributed by atoms with Crippen LogP contribution in [-0.4, -0.2) is 13.2 Å². The van der Waals surface area contributed by atoms with Gasteiger partial charge in [0.15, 0.2) is 0 Å². The van der Waals surface area contributed by atoms with E-state index in [-0.39, 0.29) is 0 Å². The van der Waals surface area contributed by atoms with Crippen LogP contribution in [0.5, 0.6) is 11.5 Å². The van der Waals surface area contributed by atoms with E-state index in [1.54, 1.807) is 0 Å². The van der Waals surface area contributed by atoms with Gasteiger partial charge in [0.2, 0.25) is 0 Å². The third kappa shape index (κ3) is 4.96. The van der Waals surface area contributed by atoms with Gasteiger partial charge in [-0.1, -0.05) is 43.3 Å². The van der Waals surface area contributed by atoms with Crippen LogP contribution < -0.4 is 9.47 Å². The highest BCUT2D eigenvalue weighted by atomic mass is 16.5. The highest BCUT2D eigenvalue weighted by molar-refractivity contribution is 5.32. The molecule has 0 aromatic heterocycles. The molecule has 0 saturated heterocycles. The van der Waals surface area contributed by atoms with Gasteiger partial charge in [-0.25, -0.2) is 0 Å². The summed E-state index contributed by atoms with van der Waals surface area (Å²) in [5.41, 5.74) is 1.36. The minimum Gasteiger partial charge on any atom is -0.493 e. The van der Waals surface area contributed by atoms with Crippen molar-refractivity contribution in [3.8, 4) is 11.5 Å². The Labute approximate surface area is 121 Å². The first-order valence-corrected chi connectivity index (χ1v) is 7.28. The van der Waals surface area contributed by atoms with Crippen LogP contribution in [0.1, 0.15) is 25.3 Å². The molecule has 2 heteroatoms. The molecule has 0 unspecified atom stereocenters. The monoisotopic (exact) mass is 270 g/mol. The number of hydrogen-bond acceptors (Lipinski definition) is 2.